The maximum Gasteiger partial charge on any atom is 0.256 e. The van der Waals surface area contributed by atoms with E-state index in [0.717, 1.165) is 21.6 Å². The summed E-state index contributed by atoms with van der Waals surface area (Å²) in [5.41, 5.74) is 2.18. The number of nitrogens with zero attached hydrogens (tertiary/aromatic N) is 2. The summed E-state index contributed by atoms with van der Waals surface area (Å²) in [6, 6.07) is 16.7. The third-order valence-corrected chi connectivity index (χ3v) is 4.67. The van der Waals surface area contributed by atoms with Crippen LogP contribution in [0.2, 0.25) is 0 Å². The first-order valence-corrected chi connectivity index (χ1v) is 9.39. The van der Waals surface area contributed by atoms with Gasteiger partial charge in [0.05, 0.1) is 18.5 Å². The van der Waals surface area contributed by atoms with Crippen molar-refractivity contribution in [1.82, 2.24) is 9.78 Å². The molecule has 0 saturated carbocycles. The second-order valence-corrected chi connectivity index (χ2v) is 8.15. The zero-order valence-electron chi connectivity index (χ0n) is 15.8. The standard InChI is InChI=1S/C21H22BrN3O2/c1-21(2,3)18-13-19(23-20(26)14-5-7-15(22)8-6-14)25(24-18)16-9-11-17(27-4)12-10-16/h5-13H,1-4H3,(H,23,26). The van der Waals surface area contributed by atoms with Gasteiger partial charge >= 0.3 is 0 Å². The van der Waals surface area contributed by atoms with Gasteiger partial charge in [-0.1, -0.05) is 36.7 Å². The summed E-state index contributed by atoms with van der Waals surface area (Å²) in [7, 11) is 1.63. The van der Waals surface area contributed by atoms with Gasteiger partial charge in [-0.3, -0.25) is 4.79 Å². The number of rotatable bonds is 4. The molecule has 27 heavy (non-hydrogen) atoms. The highest BCUT2D eigenvalue weighted by Crippen LogP contribution is 2.27. The van der Waals surface area contributed by atoms with E-state index in [4.69, 9.17) is 9.84 Å². The molecular formula is C21H22BrN3O2. The minimum atomic E-state index is -0.183. The Bertz CT molecular complexity index is 939. The van der Waals surface area contributed by atoms with Crippen molar-refractivity contribution in [2.24, 2.45) is 0 Å². The Kier molecular flexibility index (Phi) is 5.37. The van der Waals surface area contributed by atoms with Gasteiger partial charge in [0.2, 0.25) is 0 Å². The third kappa shape index (κ3) is 4.39. The molecular weight excluding hydrogens is 406 g/mol. The predicted molar refractivity (Wildman–Crippen MR) is 111 cm³/mol. The van der Waals surface area contributed by atoms with E-state index in [0.29, 0.717) is 11.4 Å². The van der Waals surface area contributed by atoms with E-state index in [-0.39, 0.29) is 11.3 Å². The van der Waals surface area contributed by atoms with Crippen LogP contribution in [-0.4, -0.2) is 22.8 Å². The number of hydrogen-bond donors (Lipinski definition) is 1. The molecule has 1 aromatic heterocycles. The van der Waals surface area contributed by atoms with Crippen molar-refractivity contribution in [3.05, 3.63) is 70.3 Å². The normalized spacial score (nSPS) is 11.3. The van der Waals surface area contributed by atoms with Gasteiger partial charge in [-0.05, 0) is 48.5 Å². The van der Waals surface area contributed by atoms with Crippen LogP contribution in [0.4, 0.5) is 5.82 Å². The highest BCUT2D eigenvalue weighted by Gasteiger charge is 2.21. The first-order valence-electron chi connectivity index (χ1n) is 8.60. The molecule has 1 N–H and O–H groups in total. The number of carbonyl (C=O) groups excluding carboxylic acids is 1. The van der Waals surface area contributed by atoms with Gasteiger partial charge in [-0.25, -0.2) is 4.68 Å². The maximum absolute atomic E-state index is 12.7. The van der Waals surface area contributed by atoms with Crippen LogP contribution in [0.1, 0.15) is 36.8 Å². The lowest BCUT2D eigenvalue weighted by atomic mass is 9.92. The topological polar surface area (TPSA) is 56.1 Å². The van der Waals surface area contributed by atoms with E-state index in [9.17, 15) is 4.79 Å². The van der Waals surface area contributed by atoms with Crippen molar-refractivity contribution in [1.29, 1.82) is 0 Å². The maximum atomic E-state index is 12.7. The number of amides is 1. The molecule has 0 bridgehead atoms. The van der Waals surface area contributed by atoms with E-state index >= 15 is 0 Å². The van der Waals surface area contributed by atoms with Crippen LogP contribution in [0.25, 0.3) is 5.69 Å². The van der Waals surface area contributed by atoms with E-state index in [1.54, 1.807) is 23.9 Å². The lowest BCUT2D eigenvalue weighted by Gasteiger charge is -2.14. The third-order valence-electron chi connectivity index (χ3n) is 4.14. The number of methoxy groups -OCH3 is 1. The first-order chi connectivity index (χ1) is 12.8. The lowest BCUT2D eigenvalue weighted by Crippen LogP contribution is -2.15. The molecule has 0 aliphatic carbocycles. The summed E-state index contributed by atoms with van der Waals surface area (Å²) in [5.74, 6) is 1.21. The average Bonchev–Trinajstić information content (AvgIpc) is 3.06. The van der Waals surface area contributed by atoms with Crippen molar-refractivity contribution >= 4 is 27.7 Å². The van der Waals surface area contributed by atoms with Gasteiger partial charge in [-0.2, -0.15) is 5.10 Å². The van der Waals surface area contributed by atoms with E-state index in [1.807, 2.05) is 42.5 Å². The second kappa shape index (κ2) is 7.56. The van der Waals surface area contributed by atoms with Crippen molar-refractivity contribution < 1.29 is 9.53 Å². The summed E-state index contributed by atoms with van der Waals surface area (Å²) >= 11 is 3.38. The number of ether oxygens (including phenoxy) is 1. The Balaban J connectivity index is 1.98. The zero-order valence-corrected chi connectivity index (χ0v) is 17.4. The molecule has 1 amide bonds. The summed E-state index contributed by atoms with van der Waals surface area (Å²) in [6.07, 6.45) is 0. The van der Waals surface area contributed by atoms with E-state index < -0.39 is 0 Å². The van der Waals surface area contributed by atoms with Crippen molar-refractivity contribution in [3.63, 3.8) is 0 Å². The Morgan fingerprint density at radius 2 is 1.70 bits per heavy atom. The summed E-state index contributed by atoms with van der Waals surface area (Å²) in [6.45, 7) is 6.27. The number of nitrogens with one attached hydrogen (secondary N) is 1. The molecule has 3 aromatic rings. The minimum Gasteiger partial charge on any atom is -0.497 e. The van der Waals surface area contributed by atoms with Gasteiger partial charge in [0, 0.05) is 21.5 Å². The largest absolute Gasteiger partial charge is 0.497 e. The highest BCUT2D eigenvalue weighted by atomic mass is 79.9. The molecule has 0 aliphatic heterocycles. The van der Waals surface area contributed by atoms with Crippen molar-refractivity contribution in [2.45, 2.75) is 26.2 Å². The average molecular weight is 428 g/mol. The molecule has 2 aromatic carbocycles. The Morgan fingerprint density at radius 1 is 1.07 bits per heavy atom. The van der Waals surface area contributed by atoms with Crippen LogP contribution in [0.3, 0.4) is 0 Å². The van der Waals surface area contributed by atoms with Crippen LogP contribution >= 0.6 is 15.9 Å². The second-order valence-electron chi connectivity index (χ2n) is 7.24. The quantitative estimate of drug-likeness (QED) is 0.622. The van der Waals surface area contributed by atoms with Crippen LogP contribution in [0.15, 0.2) is 59.1 Å². The van der Waals surface area contributed by atoms with Gasteiger partial charge in [0.1, 0.15) is 11.6 Å². The Morgan fingerprint density at radius 3 is 2.26 bits per heavy atom. The number of carbonyl (C=O) groups is 1. The fraction of sp³-hybridized carbons (Fsp3) is 0.238. The molecule has 0 atom stereocenters. The fourth-order valence-corrected chi connectivity index (χ4v) is 2.81. The van der Waals surface area contributed by atoms with E-state index in [1.165, 1.54) is 0 Å². The van der Waals surface area contributed by atoms with Crippen LogP contribution in [0, 0.1) is 0 Å². The molecule has 3 rings (SSSR count). The summed E-state index contributed by atoms with van der Waals surface area (Å²) < 4.78 is 7.90. The Hall–Kier alpha value is -2.60. The molecule has 0 aliphatic rings. The molecule has 0 unspecified atom stereocenters. The molecule has 0 radical (unpaired) electrons. The smallest absolute Gasteiger partial charge is 0.256 e. The van der Waals surface area contributed by atoms with Crippen LogP contribution in [0.5, 0.6) is 5.75 Å². The molecule has 0 fully saturated rings. The predicted octanol–water partition coefficient (Wildman–Crippen LogP) is 5.19. The fourth-order valence-electron chi connectivity index (χ4n) is 2.55. The minimum absolute atomic E-state index is 0.144. The van der Waals surface area contributed by atoms with Crippen LogP contribution < -0.4 is 10.1 Å². The molecule has 0 saturated heterocycles. The number of anilines is 1. The van der Waals surface area contributed by atoms with Crippen LogP contribution in [-0.2, 0) is 5.41 Å². The van der Waals surface area contributed by atoms with Gasteiger partial charge < -0.3 is 10.1 Å². The highest BCUT2D eigenvalue weighted by molar-refractivity contribution is 9.10. The van der Waals surface area contributed by atoms with Gasteiger partial charge in [0.25, 0.3) is 5.91 Å². The number of hydrogen-bond acceptors (Lipinski definition) is 3. The lowest BCUT2D eigenvalue weighted by molar-refractivity contribution is 0.102. The van der Waals surface area contributed by atoms with E-state index in [2.05, 4.69) is 42.0 Å². The van der Waals surface area contributed by atoms with Crippen molar-refractivity contribution in [2.75, 3.05) is 12.4 Å². The number of benzene rings is 2. The molecule has 0 spiro atoms. The molecule has 5 nitrogen and oxygen atoms in total. The Labute approximate surface area is 167 Å². The zero-order chi connectivity index (χ0) is 19.6. The summed E-state index contributed by atoms with van der Waals surface area (Å²) in [4.78, 5) is 12.7. The number of halogens is 1. The monoisotopic (exact) mass is 427 g/mol. The SMILES string of the molecule is COc1ccc(-n2nc(C(C)(C)C)cc2NC(=O)c2ccc(Br)cc2)cc1. The van der Waals surface area contributed by atoms with Gasteiger partial charge in [0.15, 0.2) is 0 Å². The molecule has 6 heteroatoms. The summed E-state index contributed by atoms with van der Waals surface area (Å²) in [5, 5.41) is 7.70. The number of aromatic nitrogens is 2. The molecule has 140 valence electrons. The molecule has 1 heterocycles. The first kappa shape index (κ1) is 19.2. The van der Waals surface area contributed by atoms with Crippen molar-refractivity contribution in [3.8, 4) is 11.4 Å². The van der Waals surface area contributed by atoms with Gasteiger partial charge in [-0.15, -0.1) is 0 Å².